The van der Waals surface area contributed by atoms with E-state index in [4.69, 9.17) is 13.3 Å². The van der Waals surface area contributed by atoms with Crippen molar-refractivity contribution in [1.82, 2.24) is 0 Å². The Morgan fingerprint density at radius 3 is 2.00 bits per heavy atom. The number of furan rings is 3. The Labute approximate surface area is 129 Å². The summed E-state index contributed by atoms with van der Waals surface area (Å²) in [6.07, 6.45) is 11.0. The van der Waals surface area contributed by atoms with Gasteiger partial charge >= 0.3 is 0 Å². The van der Waals surface area contributed by atoms with E-state index in [9.17, 15) is 0 Å². The molecule has 0 amide bonds. The molecule has 3 aromatic heterocycles. The van der Waals surface area contributed by atoms with E-state index in [2.05, 4.69) is 0 Å². The van der Waals surface area contributed by atoms with Crippen molar-refractivity contribution in [3.05, 3.63) is 77.5 Å². The molecule has 3 nitrogen and oxygen atoms in total. The normalized spacial score (nSPS) is 11.9. The van der Waals surface area contributed by atoms with Gasteiger partial charge in [0, 0.05) is 12.8 Å². The highest BCUT2D eigenvalue weighted by atomic mass is 16.3. The van der Waals surface area contributed by atoms with Crippen LogP contribution in [-0.2, 0) is 12.8 Å². The second-order valence-corrected chi connectivity index (χ2v) is 4.96. The van der Waals surface area contributed by atoms with Crippen molar-refractivity contribution in [2.75, 3.05) is 0 Å². The lowest BCUT2D eigenvalue weighted by Gasteiger charge is -1.95. The van der Waals surface area contributed by atoms with E-state index in [-0.39, 0.29) is 0 Å². The van der Waals surface area contributed by atoms with Gasteiger partial charge < -0.3 is 13.3 Å². The molecule has 0 radical (unpaired) electrons. The Morgan fingerprint density at radius 2 is 1.41 bits per heavy atom. The zero-order valence-electron chi connectivity index (χ0n) is 12.5. The molecule has 0 saturated heterocycles. The minimum atomic E-state index is 0.810. The average Bonchev–Trinajstić information content (AvgIpc) is 3.26. The highest BCUT2D eigenvalue weighted by Gasteiger charge is 2.04. The van der Waals surface area contributed by atoms with Gasteiger partial charge in [0.1, 0.15) is 28.8 Å². The molecule has 0 aliphatic heterocycles. The lowest BCUT2D eigenvalue weighted by Crippen LogP contribution is -1.86. The van der Waals surface area contributed by atoms with E-state index >= 15 is 0 Å². The summed E-state index contributed by atoms with van der Waals surface area (Å²) in [7, 11) is 0. The van der Waals surface area contributed by atoms with Gasteiger partial charge in [0.15, 0.2) is 0 Å². The fourth-order valence-corrected chi connectivity index (χ4v) is 2.20. The Balaban J connectivity index is 1.57. The smallest absolute Gasteiger partial charge is 0.127 e. The highest BCUT2D eigenvalue weighted by molar-refractivity contribution is 5.64. The molecule has 3 heteroatoms. The molecule has 3 heterocycles. The summed E-state index contributed by atoms with van der Waals surface area (Å²) in [6, 6.07) is 11.7. The van der Waals surface area contributed by atoms with Gasteiger partial charge in [-0.3, -0.25) is 0 Å². The largest absolute Gasteiger partial charge is 0.465 e. The van der Waals surface area contributed by atoms with Crippen molar-refractivity contribution in [2.24, 2.45) is 0 Å². The van der Waals surface area contributed by atoms with E-state index < -0.39 is 0 Å². The molecule has 0 atom stereocenters. The summed E-state index contributed by atoms with van der Waals surface area (Å²) in [6.45, 7) is 1.98. The van der Waals surface area contributed by atoms with Crippen LogP contribution in [0.5, 0.6) is 0 Å². The van der Waals surface area contributed by atoms with Crippen LogP contribution in [0, 0.1) is 0 Å². The van der Waals surface area contributed by atoms with Gasteiger partial charge in [-0.15, -0.1) is 0 Å². The Bertz CT molecular complexity index is 754. The van der Waals surface area contributed by atoms with Crippen molar-refractivity contribution < 1.29 is 13.3 Å². The first-order valence-electron chi connectivity index (χ1n) is 7.35. The number of hydrogen-bond donors (Lipinski definition) is 0. The third kappa shape index (κ3) is 3.70. The van der Waals surface area contributed by atoms with Gasteiger partial charge in [-0.05, 0) is 61.5 Å². The molecule has 0 N–H and O–H groups in total. The topological polar surface area (TPSA) is 39.4 Å². The predicted molar refractivity (Wildman–Crippen MR) is 87.2 cm³/mol. The third-order valence-electron chi connectivity index (χ3n) is 3.27. The predicted octanol–water partition coefficient (Wildman–Crippen LogP) is 5.45. The number of rotatable bonds is 6. The summed E-state index contributed by atoms with van der Waals surface area (Å²) < 4.78 is 16.7. The van der Waals surface area contributed by atoms with Crippen LogP contribution >= 0.6 is 0 Å². The molecule has 3 aromatic rings. The molecule has 3 rings (SSSR count). The summed E-state index contributed by atoms with van der Waals surface area (Å²) in [5.74, 6) is 4.43. The second kappa shape index (κ2) is 6.85. The Kier molecular flexibility index (Phi) is 4.44. The molecule has 0 spiro atoms. The SMILES string of the molecule is C/C=C/c1ccc(CCc2ccc(/C=C/c3ccco3)o2)o1. The van der Waals surface area contributed by atoms with Crippen LogP contribution in [0.2, 0.25) is 0 Å². The molecule has 112 valence electrons. The molecular weight excluding hydrogens is 276 g/mol. The van der Waals surface area contributed by atoms with Gasteiger partial charge in [0.05, 0.1) is 6.26 Å². The van der Waals surface area contributed by atoms with Gasteiger partial charge in [-0.1, -0.05) is 6.08 Å². The first-order chi connectivity index (χ1) is 10.8. The zero-order chi connectivity index (χ0) is 15.2. The quantitative estimate of drug-likeness (QED) is 0.606. The van der Waals surface area contributed by atoms with Gasteiger partial charge in [-0.2, -0.15) is 0 Å². The summed E-state index contributed by atoms with van der Waals surface area (Å²) in [5, 5.41) is 0. The molecule has 0 saturated carbocycles. The van der Waals surface area contributed by atoms with E-state index in [1.165, 1.54) is 0 Å². The standard InChI is InChI=1S/C19H18O3/c1-2-4-16-8-9-18(21-16)11-13-19-12-10-17(22-19)7-6-15-5-3-14-20-15/h2-10,12,14H,11,13H2,1H3/b4-2+,7-6+. The number of allylic oxidation sites excluding steroid dienone is 1. The Hall–Kier alpha value is -2.68. The van der Waals surface area contributed by atoms with Gasteiger partial charge in [0.25, 0.3) is 0 Å². The maximum absolute atomic E-state index is 5.77. The fourth-order valence-electron chi connectivity index (χ4n) is 2.20. The zero-order valence-corrected chi connectivity index (χ0v) is 12.5. The lowest BCUT2D eigenvalue weighted by atomic mass is 10.2. The minimum absolute atomic E-state index is 0.810. The number of aryl methyl sites for hydroxylation is 2. The van der Waals surface area contributed by atoms with E-state index in [0.717, 1.165) is 41.6 Å². The third-order valence-corrected chi connectivity index (χ3v) is 3.27. The van der Waals surface area contributed by atoms with Gasteiger partial charge in [0.2, 0.25) is 0 Å². The van der Waals surface area contributed by atoms with Crippen LogP contribution in [-0.4, -0.2) is 0 Å². The van der Waals surface area contributed by atoms with E-state index in [1.54, 1.807) is 6.26 Å². The molecule has 0 fully saturated rings. The first-order valence-corrected chi connectivity index (χ1v) is 7.35. The van der Waals surface area contributed by atoms with Crippen LogP contribution in [0.15, 0.2) is 62.0 Å². The lowest BCUT2D eigenvalue weighted by molar-refractivity contribution is 0.468. The Morgan fingerprint density at radius 1 is 0.773 bits per heavy atom. The average molecular weight is 294 g/mol. The first kappa shape index (κ1) is 14.3. The van der Waals surface area contributed by atoms with Crippen molar-refractivity contribution in [1.29, 1.82) is 0 Å². The van der Waals surface area contributed by atoms with Gasteiger partial charge in [-0.25, -0.2) is 0 Å². The molecule has 0 aliphatic rings. The molecular formula is C19H18O3. The van der Waals surface area contributed by atoms with Crippen LogP contribution in [0.25, 0.3) is 18.2 Å². The fraction of sp³-hybridized carbons (Fsp3) is 0.158. The van der Waals surface area contributed by atoms with Crippen LogP contribution in [0.3, 0.4) is 0 Å². The molecule has 0 unspecified atom stereocenters. The van der Waals surface area contributed by atoms with Crippen molar-refractivity contribution in [3.8, 4) is 0 Å². The van der Waals surface area contributed by atoms with E-state index in [1.807, 2.05) is 67.6 Å². The molecule has 22 heavy (non-hydrogen) atoms. The van der Waals surface area contributed by atoms with Crippen LogP contribution in [0.4, 0.5) is 0 Å². The van der Waals surface area contributed by atoms with E-state index in [0.29, 0.717) is 0 Å². The van der Waals surface area contributed by atoms with Crippen molar-refractivity contribution in [2.45, 2.75) is 19.8 Å². The second-order valence-electron chi connectivity index (χ2n) is 4.96. The summed E-state index contributed by atoms with van der Waals surface area (Å²) in [4.78, 5) is 0. The summed E-state index contributed by atoms with van der Waals surface area (Å²) in [5.41, 5.74) is 0. The molecule has 0 aromatic carbocycles. The minimum Gasteiger partial charge on any atom is -0.465 e. The molecule has 0 bridgehead atoms. The molecule has 0 aliphatic carbocycles. The summed E-state index contributed by atoms with van der Waals surface area (Å²) >= 11 is 0. The maximum Gasteiger partial charge on any atom is 0.127 e. The monoisotopic (exact) mass is 294 g/mol. The van der Waals surface area contributed by atoms with Crippen molar-refractivity contribution in [3.63, 3.8) is 0 Å². The van der Waals surface area contributed by atoms with Crippen LogP contribution in [0.1, 0.15) is 35.7 Å². The number of hydrogen-bond acceptors (Lipinski definition) is 3. The van der Waals surface area contributed by atoms with Crippen molar-refractivity contribution >= 4 is 18.2 Å². The maximum atomic E-state index is 5.77. The van der Waals surface area contributed by atoms with Crippen LogP contribution < -0.4 is 0 Å². The highest BCUT2D eigenvalue weighted by Crippen LogP contribution is 2.16.